The second-order valence-corrected chi connectivity index (χ2v) is 5.68. The number of anilines is 1. The smallest absolute Gasteiger partial charge is 0.321 e. The summed E-state index contributed by atoms with van der Waals surface area (Å²) in [6.07, 6.45) is 0. The van der Waals surface area contributed by atoms with Gasteiger partial charge in [0.1, 0.15) is 12.4 Å². The van der Waals surface area contributed by atoms with E-state index >= 15 is 0 Å². The molecule has 1 fully saturated rings. The van der Waals surface area contributed by atoms with E-state index < -0.39 is 0 Å². The van der Waals surface area contributed by atoms with Crippen LogP contribution in [0.4, 0.5) is 10.5 Å². The molecule has 0 radical (unpaired) electrons. The van der Waals surface area contributed by atoms with Crippen molar-refractivity contribution in [3.8, 4) is 5.75 Å². The van der Waals surface area contributed by atoms with E-state index in [4.69, 9.17) is 27.9 Å². The summed E-state index contributed by atoms with van der Waals surface area (Å²) in [7, 11) is 0. The number of halogens is 2. The van der Waals surface area contributed by atoms with Crippen LogP contribution in [-0.2, 0) is 6.61 Å². The zero-order valence-corrected chi connectivity index (χ0v) is 13.2. The van der Waals surface area contributed by atoms with Gasteiger partial charge in [-0.1, -0.05) is 29.3 Å². The molecule has 0 bridgehead atoms. The number of benzene rings is 2. The summed E-state index contributed by atoms with van der Waals surface area (Å²) in [5, 5.41) is 3.93. The van der Waals surface area contributed by atoms with Gasteiger partial charge in [0.25, 0.3) is 0 Å². The second kappa shape index (κ2) is 6.46. The Morgan fingerprint density at radius 1 is 1.09 bits per heavy atom. The van der Waals surface area contributed by atoms with Crippen LogP contribution in [-0.4, -0.2) is 19.1 Å². The summed E-state index contributed by atoms with van der Waals surface area (Å²) >= 11 is 12.2. The molecule has 0 saturated carbocycles. The van der Waals surface area contributed by atoms with Gasteiger partial charge >= 0.3 is 6.03 Å². The second-order valence-electron chi connectivity index (χ2n) is 4.87. The Bertz CT molecular complexity index is 669. The van der Waals surface area contributed by atoms with E-state index in [0.717, 1.165) is 11.3 Å². The predicted octanol–water partition coefficient (Wildman–Crippen LogP) is 4.10. The van der Waals surface area contributed by atoms with E-state index in [-0.39, 0.29) is 6.03 Å². The maximum absolute atomic E-state index is 11.6. The van der Waals surface area contributed by atoms with Crippen LogP contribution < -0.4 is 15.0 Å². The third-order valence-electron chi connectivity index (χ3n) is 3.45. The van der Waals surface area contributed by atoms with Gasteiger partial charge in [-0.2, -0.15) is 0 Å². The van der Waals surface area contributed by atoms with E-state index in [1.54, 1.807) is 23.1 Å². The number of urea groups is 1. The molecule has 4 nitrogen and oxygen atoms in total. The van der Waals surface area contributed by atoms with Crippen LogP contribution >= 0.6 is 23.2 Å². The molecular weight excluding hydrogens is 323 g/mol. The Hall–Kier alpha value is -1.91. The van der Waals surface area contributed by atoms with Crippen molar-refractivity contribution >= 4 is 34.9 Å². The molecule has 2 aromatic rings. The molecule has 1 heterocycles. The Balaban J connectivity index is 1.68. The van der Waals surface area contributed by atoms with Gasteiger partial charge in [0.2, 0.25) is 0 Å². The number of rotatable bonds is 4. The maximum Gasteiger partial charge on any atom is 0.321 e. The number of nitrogens with zero attached hydrogens (tertiary/aromatic N) is 1. The van der Waals surface area contributed by atoms with Crippen molar-refractivity contribution in [1.82, 2.24) is 5.32 Å². The number of amides is 2. The first kappa shape index (κ1) is 15.0. The number of carbonyl (C=O) groups is 1. The quantitative estimate of drug-likeness (QED) is 0.913. The van der Waals surface area contributed by atoms with E-state index in [1.807, 2.05) is 24.3 Å². The van der Waals surface area contributed by atoms with E-state index in [9.17, 15) is 4.79 Å². The first-order valence-electron chi connectivity index (χ1n) is 6.86. The fourth-order valence-corrected chi connectivity index (χ4v) is 2.77. The van der Waals surface area contributed by atoms with Gasteiger partial charge in [0.05, 0.1) is 0 Å². The lowest BCUT2D eigenvalue weighted by Gasteiger charge is -2.15. The minimum absolute atomic E-state index is 0.0727. The van der Waals surface area contributed by atoms with Gasteiger partial charge in [-0.15, -0.1) is 0 Å². The van der Waals surface area contributed by atoms with Crippen molar-refractivity contribution in [1.29, 1.82) is 0 Å². The fourth-order valence-electron chi connectivity index (χ4n) is 2.27. The molecule has 1 saturated heterocycles. The van der Waals surface area contributed by atoms with Crippen LogP contribution in [0.15, 0.2) is 42.5 Å². The van der Waals surface area contributed by atoms with Crippen LogP contribution in [0.2, 0.25) is 10.0 Å². The lowest BCUT2D eigenvalue weighted by Crippen LogP contribution is -2.27. The Labute approximate surface area is 138 Å². The third-order valence-corrected chi connectivity index (χ3v) is 4.16. The summed E-state index contributed by atoms with van der Waals surface area (Å²) in [5.74, 6) is 0.694. The first-order chi connectivity index (χ1) is 10.6. The van der Waals surface area contributed by atoms with Gasteiger partial charge in [-0.3, -0.25) is 4.90 Å². The Kier molecular flexibility index (Phi) is 4.41. The SMILES string of the molecule is O=C1NCCN1c1ccc(OCc2c(Cl)cccc2Cl)cc1. The summed E-state index contributed by atoms with van der Waals surface area (Å²) in [6.45, 7) is 1.64. The number of hydrogen-bond acceptors (Lipinski definition) is 2. The fraction of sp³-hybridized carbons (Fsp3) is 0.188. The molecule has 0 aromatic heterocycles. The van der Waals surface area contributed by atoms with Gasteiger partial charge in [-0.05, 0) is 36.4 Å². The first-order valence-corrected chi connectivity index (χ1v) is 7.62. The molecule has 6 heteroatoms. The van der Waals surface area contributed by atoms with Gasteiger partial charge in [-0.25, -0.2) is 4.79 Å². The highest BCUT2D eigenvalue weighted by Crippen LogP contribution is 2.27. The molecule has 114 valence electrons. The average molecular weight is 337 g/mol. The van der Waals surface area contributed by atoms with E-state index in [2.05, 4.69) is 5.32 Å². The predicted molar refractivity (Wildman–Crippen MR) is 88.0 cm³/mol. The minimum atomic E-state index is -0.0727. The molecule has 0 atom stereocenters. The molecule has 3 rings (SSSR count). The molecule has 0 spiro atoms. The zero-order valence-electron chi connectivity index (χ0n) is 11.7. The molecule has 22 heavy (non-hydrogen) atoms. The number of carbonyl (C=O) groups excluding carboxylic acids is 1. The van der Waals surface area contributed by atoms with Crippen LogP contribution in [0.3, 0.4) is 0 Å². The summed E-state index contributed by atoms with van der Waals surface area (Å²) in [4.78, 5) is 13.3. The van der Waals surface area contributed by atoms with Crippen molar-refractivity contribution in [2.75, 3.05) is 18.0 Å². The van der Waals surface area contributed by atoms with E-state index in [0.29, 0.717) is 35.5 Å². The number of ether oxygens (including phenoxy) is 1. The molecule has 0 aliphatic carbocycles. The normalized spacial score (nSPS) is 14.1. The standard InChI is InChI=1S/C16H14Cl2N2O2/c17-14-2-1-3-15(18)13(14)10-22-12-6-4-11(5-7-12)20-9-8-19-16(20)21/h1-7H,8-10H2,(H,19,21). The van der Waals surface area contributed by atoms with Crippen molar-refractivity contribution in [3.63, 3.8) is 0 Å². The summed E-state index contributed by atoms with van der Waals surface area (Å²) in [6, 6.07) is 12.6. The van der Waals surface area contributed by atoms with Crippen LogP contribution in [0, 0.1) is 0 Å². The van der Waals surface area contributed by atoms with E-state index in [1.165, 1.54) is 0 Å². The van der Waals surface area contributed by atoms with Crippen molar-refractivity contribution < 1.29 is 9.53 Å². The summed E-state index contributed by atoms with van der Waals surface area (Å²) < 4.78 is 5.71. The summed E-state index contributed by atoms with van der Waals surface area (Å²) in [5.41, 5.74) is 1.60. The van der Waals surface area contributed by atoms with Gasteiger partial charge in [0, 0.05) is 34.4 Å². The number of hydrogen-bond donors (Lipinski definition) is 1. The number of nitrogens with one attached hydrogen (secondary N) is 1. The molecule has 2 amide bonds. The third kappa shape index (κ3) is 3.13. The molecule has 2 aromatic carbocycles. The lowest BCUT2D eigenvalue weighted by molar-refractivity contribution is 0.252. The van der Waals surface area contributed by atoms with Gasteiger partial charge < -0.3 is 10.1 Å². The molecule has 1 N–H and O–H groups in total. The Morgan fingerprint density at radius 2 is 1.77 bits per heavy atom. The highest BCUT2D eigenvalue weighted by Gasteiger charge is 2.20. The average Bonchev–Trinajstić information content (AvgIpc) is 2.93. The molecule has 1 aliphatic heterocycles. The van der Waals surface area contributed by atoms with Crippen LogP contribution in [0.5, 0.6) is 5.75 Å². The highest BCUT2D eigenvalue weighted by molar-refractivity contribution is 6.35. The zero-order chi connectivity index (χ0) is 15.5. The van der Waals surface area contributed by atoms with Crippen LogP contribution in [0.1, 0.15) is 5.56 Å². The maximum atomic E-state index is 11.6. The van der Waals surface area contributed by atoms with Crippen LogP contribution in [0.25, 0.3) is 0 Å². The molecular formula is C16H14Cl2N2O2. The molecule has 1 aliphatic rings. The monoisotopic (exact) mass is 336 g/mol. The van der Waals surface area contributed by atoms with Crippen molar-refractivity contribution in [2.45, 2.75) is 6.61 Å². The van der Waals surface area contributed by atoms with Gasteiger partial charge in [0.15, 0.2) is 0 Å². The lowest BCUT2D eigenvalue weighted by atomic mass is 10.2. The largest absolute Gasteiger partial charge is 0.489 e. The minimum Gasteiger partial charge on any atom is -0.489 e. The van der Waals surface area contributed by atoms with Crippen molar-refractivity contribution in [2.24, 2.45) is 0 Å². The Morgan fingerprint density at radius 3 is 2.36 bits per heavy atom. The topological polar surface area (TPSA) is 41.6 Å². The highest BCUT2D eigenvalue weighted by atomic mass is 35.5. The van der Waals surface area contributed by atoms with Crippen molar-refractivity contribution in [3.05, 3.63) is 58.1 Å². The molecule has 0 unspecified atom stereocenters.